The molecule has 0 radical (unpaired) electrons. The number of fused-ring (bicyclic) bond motifs is 16. The Kier molecular flexibility index (Phi) is 6.97. The SMILES string of the molecule is c1ccc(-c2nc(-c3cc(-c4ccccc4)c4c(c3)oc3ccccc34)nc(-n3c4ccccc4c4cc5c(cc43)-c3ccccc3C53c4ccccc4-c4ccccc43)n2)cc1. The maximum atomic E-state index is 6.59. The summed E-state index contributed by atoms with van der Waals surface area (Å²) in [4.78, 5) is 16.0. The zero-order valence-corrected chi connectivity index (χ0v) is 33.8. The zero-order chi connectivity index (χ0) is 41.2. The van der Waals surface area contributed by atoms with Crippen molar-refractivity contribution in [1.82, 2.24) is 19.5 Å². The first-order valence-corrected chi connectivity index (χ1v) is 21.4. The predicted molar refractivity (Wildman–Crippen MR) is 254 cm³/mol. The molecule has 5 nitrogen and oxygen atoms in total. The van der Waals surface area contributed by atoms with Gasteiger partial charge in [0.2, 0.25) is 5.95 Å². The highest BCUT2D eigenvalue weighted by Gasteiger charge is 2.51. The van der Waals surface area contributed by atoms with E-state index in [0.29, 0.717) is 17.6 Å². The summed E-state index contributed by atoms with van der Waals surface area (Å²) in [5, 5.41) is 4.43. The molecule has 0 atom stereocenters. The zero-order valence-electron chi connectivity index (χ0n) is 33.8. The van der Waals surface area contributed by atoms with Crippen LogP contribution in [0.1, 0.15) is 22.3 Å². The molecular weight excluding hydrogens is 769 g/mol. The Morgan fingerprint density at radius 1 is 0.349 bits per heavy atom. The van der Waals surface area contributed by atoms with Gasteiger partial charge in [-0.3, -0.25) is 4.57 Å². The Morgan fingerprint density at radius 2 is 0.905 bits per heavy atom. The molecule has 3 aromatic heterocycles. The Labute approximate surface area is 362 Å². The molecule has 5 heteroatoms. The number of benzene rings is 9. The van der Waals surface area contributed by atoms with Crippen LogP contribution in [0.4, 0.5) is 0 Å². The number of para-hydroxylation sites is 2. The highest BCUT2D eigenvalue weighted by Crippen LogP contribution is 2.63. The maximum absolute atomic E-state index is 6.59. The van der Waals surface area contributed by atoms with E-state index in [1.165, 1.54) is 44.5 Å². The van der Waals surface area contributed by atoms with Crippen LogP contribution < -0.4 is 0 Å². The normalized spacial score (nSPS) is 13.2. The molecule has 0 N–H and O–H groups in total. The van der Waals surface area contributed by atoms with Gasteiger partial charge in [-0.2, -0.15) is 9.97 Å². The van der Waals surface area contributed by atoms with E-state index in [1.807, 2.05) is 36.4 Å². The largest absolute Gasteiger partial charge is 0.456 e. The van der Waals surface area contributed by atoms with Crippen molar-refractivity contribution in [2.45, 2.75) is 5.41 Å². The molecule has 0 saturated heterocycles. The first kappa shape index (κ1) is 34.3. The second kappa shape index (κ2) is 12.8. The molecule has 1 spiro atoms. The van der Waals surface area contributed by atoms with Crippen molar-refractivity contribution in [2.75, 3.05) is 0 Å². The standard InChI is InChI=1S/C58H34N4O/c1-3-17-35(18-4-1)43-31-37(32-53-54(43)42-25-11-16-30-52(42)63-53)56-59-55(36-19-5-2-6-20-36)60-57(61-56)62-50-29-15-10-24-41(50)45-33-49-44(34-51(45)62)40-23-9-14-28-48(40)58(49)46-26-12-7-21-38(46)39-22-8-13-27-47(39)58/h1-34H. The molecule has 9 aromatic carbocycles. The number of rotatable bonds is 4. The summed E-state index contributed by atoms with van der Waals surface area (Å²) >= 11 is 0. The van der Waals surface area contributed by atoms with E-state index in [1.54, 1.807) is 0 Å². The monoisotopic (exact) mass is 802 g/mol. The van der Waals surface area contributed by atoms with Crippen molar-refractivity contribution < 1.29 is 4.42 Å². The second-order valence-electron chi connectivity index (χ2n) is 16.7. The molecular formula is C58H34N4O. The number of aromatic nitrogens is 4. The van der Waals surface area contributed by atoms with E-state index < -0.39 is 5.41 Å². The van der Waals surface area contributed by atoms with Gasteiger partial charge in [0.25, 0.3) is 0 Å². The van der Waals surface area contributed by atoms with Crippen molar-refractivity contribution >= 4 is 43.7 Å². The topological polar surface area (TPSA) is 56.7 Å². The minimum atomic E-state index is -0.455. The molecule has 14 rings (SSSR count). The van der Waals surface area contributed by atoms with Gasteiger partial charge in [0.15, 0.2) is 11.6 Å². The molecule has 0 fully saturated rings. The van der Waals surface area contributed by atoms with Gasteiger partial charge in [-0.15, -0.1) is 0 Å². The average molecular weight is 803 g/mol. The summed E-state index contributed by atoms with van der Waals surface area (Å²) in [6.45, 7) is 0. The van der Waals surface area contributed by atoms with Gasteiger partial charge < -0.3 is 4.42 Å². The number of hydrogen-bond acceptors (Lipinski definition) is 4. The molecule has 2 aliphatic carbocycles. The van der Waals surface area contributed by atoms with Gasteiger partial charge >= 0.3 is 0 Å². The highest BCUT2D eigenvalue weighted by molar-refractivity contribution is 6.14. The Balaban J connectivity index is 1.06. The molecule has 0 unspecified atom stereocenters. The van der Waals surface area contributed by atoms with E-state index in [2.05, 4.69) is 174 Å². The molecule has 3 heterocycles. The maximum Gasteiger partial charge on any atom is 0.238 e. The van der Waals surface area contributed by atoms with Crippen LogP contribution in [-0.2, 0) is 5.41 Å². The lowest BCUT2D eigenvalue weighted by molar-refractivity contribution is 0.669. The van der Waals surface area contributed by atoms with E-state index in [4.69, 9.17) is 19.4 Å². The van der Waals surface area contributed by atoms with Crippen LogP contribution in [0.25, 0.3) is 106 Å². The molecule has 63 heavy (non-hydrogen) atoms. The number of hydrogen-bond donors (Lipinski definition) is 0. The van der Waals surface area contributed by atoms with E-state index in [9.17, 15) is 0 Å². The lowest BCUT2D eigenvalue weighted by Gasteiger charge is -2.30. The van der Waals surface area contributed by atoms with Crippen LogP contribution in [0.3, 0.4) is 0 Å². The minimum absolute atomic E-state index is 0.455. The first-order valence-electron chi connectivity index (χ1n) is 21.4. The third-order valence-electron chi connectivity index (χ3n) is 13.5. The van der Waals surface area contributed by atoms with E-state index in [0.717, 1.165) is 66.0 Å². The lowest BCUT2D eigenvalue weighted by Crippen LogP contribution is -2.25. The van der Waals surface area contributed by atoms with Crippen molar-refractivity contribution in [3.8, 4) is 62.1 Å². The molecule has 2 aliphatic rings. The Bertz CT molecular complexity index is 3820. The molecule has 0 amide bonds. The Hall–Kier alpha value is -8.41. The Morgan fingerprint density at radius 3 is 1.60 bits per heavy atom. The smallest absolute Gasteiger partial charge is 0.238 e. The summed E-state index contributed by atoms with van der Waals surface area (Å²) < 4.78 is 8.83. The van der Waals surface area contributed by atoms with Crippen LogP contribution in [0.2, 0.25) is 0 Å². The van der Waals surface area contributed by atoms with Gasteiger partial charge in [-0.1, -0.05) is 170 Å². The lowest BCUT2D eigenvalue weighted by atomic mass is 9.70. The molecule has 12 aromatic rings. The van der Waals surface area contributed by atoms with Crippen LogP contribution in [0, 0.1) is 0 Å². The molecule has 0 bridgehead atoms. The van der Waals surface area contributed by atoms with E-state index >= 15 is 0 Å². The van der Waals surface area contributed by atoms with Crippen LogP contribution in [0.5, 0.6) is 0 Å². The third kappa shape index (κ3) is 4.68. The fourth-order valence-corrected chi connectivity index (χ4v) is 10.9. The summed E-state index contributed by atoms with van der Waals surface area (Å²) in [5.74, 6) is 1.71. The quantitative estimate of drug-likeness (QED) is 0.178. The van der Waals surface area contributed by atoms with Crippen molar-refractivity contribution in [2.24, 2.45) is 0 Å². The van der Waals surface area contributed by atoms with Gasteiger partial charge in [0.05, 0.1) is 16.4 Å². The van der Waals surface area contributed by atoms with Gasteiger partial charge in [0.1, 0.15) is 11.2 Å². The fourth-order valence-electron chi connectivity index (χ4n) is 10.9. The third-order valence-corrected chi connectivity index (χ3v) is 13.5. The van der Waals surface area contributed by atoms with Gasteiger partial charge in [-0.05, 0) is 92.0 Å². The molecule has 292 valence electrons. The number of furan rings is 1. The van der Waals surface area contributed by atoms with Crippen LogP contribution in [-0.4, -0.2) is 19.5 Å². The molecule has 0 aliphatic heterocycles. The molecule has 0 saturated carbocycles. The number of nitrogens with zero attached hydrogens (tertiary/aromatic N) is 4. The van der Waals surface area contributed by atoms with Crippen molar-refractivity contribution in [3.05, 3.63) is 229 Å². The average Bonchev–Trinajstić information content (AvgIpc) is 4.07. The van der Waals surface area contributed by atoms with Gasteiger partial charge in [-0.25, -0.2) is 4.98 Å². The van der Waals surface area contributed by atoms with Crippen LogP contribution >= 0.6 is 0 Å². The summed E-state index contributed by atoms with van der Waals surface area (Å²) in [6, 6.07) is 73.7. The summed E-state index contributed by atoms with van der Waals surface area (Å²) in [5.41, 5.74) is 17.4. The minimum Gasteiger partial charge on any atom is -0.456 e. The van der Waals surface area contributed by atoms with Crippen LogP contribution in [0.15, 0.2) is 211 Å². The first-order chi connectivity index (χ1) is 31.2. The van der Waals surface area contributed by atoms with Crippen molar-refractivity contribution in [3.63, 3.8) is 0 Å². The summed E-state index contributed by atoms with van der Waals surface area (Å²) in [7, 11) is 0. The van der Waals surface area contributed by atoms with Gasteiger partial charge in [0, 0.05) is 32.7 Å². The summed E-state index contributed by atoms with van der Waals surface area (Å²) in [6.07, 6.45) is 0. The predicted octanol–water partition coefficient (Wildman–Crippen LogP) is 14.2. The van der Waals surface area contributed by atoms with E-state index in [-0.39, 0.29) is 0 Å². The second-order valence-corrected chi connectivity index (χ2v) is 16.7. The van der Waals surface area contributed by atoms with Crippen molar-refractivity contribution in [1.29, 1.82) is 0 Å². The fraction of sp³-hybridized carbons (Fsp3) is 0.0172. The highest BCUT2D eigenvalue weighted by atomic mass is 16.3.